The van der Waals surface area contributed by atoms with Crippen LogP contribution in [0.1, 0.15) is 5.01 Å². The van der Waals surface area contributed by atoms with Crippen molar-refractivity contribution in [2.75, 3.05) is 11.0 Å². The quantitative estimate of drug-likeness (QED) is 0.829. The van der Waals surface area contributed by atoms with E-state index in [1.54, 1.807) is 5.38 Å². The van der Waals surface area contributed by atoms with Crippen molar-refractivity contribution < 1.29 is 8.42 Å². The van der Waals surface area contributed by atoms with E-state index in [1.807, 2.05) is 6.92 Å². The van der Waals surface area contributed by atoms with Crippen molar-refractivity contribution in [2.24, 2.45) is 0 Å². The van der Waals surface area contributed by atoms with Crippen LogP contribution in [0.25, 0.3) is 0 Å². The van der Waals surface area contributed by atoms with Crippen molar-refractivity contribution in [3.8, 4) is 0 Å². The van der Waals surface area contributed by atoms with Crippen molar-refractivity contribution in [1.82, 2.24) is 4.98 Å². The Morgan fingerprint density at radius 1 is 1.58 bits per heavy atom. The van der Waals surface area contributed by atoms with E-state index >= 15 is 0 Å². The fourth-order valence-corrected chi connectivity index (χ4v) is 1.70. The first-order valence-corrected chi connectivity index (χ1v) is 5.64. The highest BCUT2D eigenvalue weighted by Gasteiger charge is 2.03. The Morgan fingerprint density at radius 2 is 2.17 bits per heavy atom. The molecule has 1 aromatic rings. The van der Waals surface area contributed by atoms with Gasteiger partial charge in [-0.05, 0) is 6.92 Å². The van der Waals surface area contributed by atoms with E-state index in [0.29, 0.717) is 5.82 Å². The summed E-state index contributed by atoms with van der Waals surface area (Å²) in [5.74, 6) is 0.398. The minimum Gasteiger partial charge on any atom is -0.267 e. The molecule has 7 heteroatoms. The molecule has 0 saturated heterocycles. The Hall–Kier alpha value is -0.330. The summed E-state index contributed by atoms with van der Waals surface area (Å²) in [7, 11) is -3.17. The minimum atomic E-state index is -3.17. The van der Waals surface area contributed by atoms with Gasteiger partial charge in [-0.2, -0.15) is 0 Å². The summed E-state index contributed by atoms with van der Waals surface area (Å²) in [5, 5.41) is 2.51. The molecule has 0 radical (unpaired) electrons. The number of anilines is 1. The zero-order valence-corrected chi connectivity index (χ0v) is 9.02. The zero-order chi connectivity index (χ0) is 8.48. The molecular formula is C5H9ClN2O2S2. The van der Waals surface area contributed by atoms with Crippen molar-refractivity contribution in [2.45, 2.75) is 6.92 Å². The second-order valence-corrected chi connectivity index (χ2v) is 4.94. The first-order chi connectivity index (χ1) is 4.97. The second kappa shape index (κ2) is 4.06. The molecule has 0 aliphatic carbocycles. The molecule has 0 aliphatic rings. The first-order valence-electron chi connectivity index (χ1n) is 2.87. The number of thiazole rings is 1. The van der Waals surface area contributed by atoms with Gasteiger partial charge in [0.2, 0.25) is 10.0 Å². The Bertz CT molecular complexity index is 346. The maximum atomic E-state index is 10.7. The third-order valence-electron chi connectivity index (χ3n) is 0.909. The van der Waals surface area contributed by atoms with Gasteiger partial charge in [-0.1, -0.05) is 0 Å². The van der Waals surface area contributed by atoms with E-state index in [4.69, 9.17) is 0 Å². The van der Waals surface area contributed by atoms with Crippen LogP contribution in [0.5, 0.6) is 0 Å². The van der Waals surface area contributed by atoms with Gasteiger partial charge < -0.3 is 0 Å². The number of nitrogens with one attached hydrogen (secondary N) is 1. The molecule has 4 nitrogen and oxygen atoms in total. The fourth-order valence-electron chi connectivity index (χ4n) is 0.600. The number of aryl methyl sites for hydroxylation is 1. The summed E-state index contributed by atoms with van der Waals surface area (Å²) in [6.45, 7) is 1.82. The number of hydrogen-bond donors (Lipinski definition) is 1. The lowest BCUT2D eigenvalue weighted by atomic mass is 10.8. The van der Waals surface area contributed by atoms with Gasteiger partial charge in [0.15, 0.2) is 5.82 Å². The molecule has 0 aliphatic heterocycles. The highest BCUT2D eigenvalue weighted by atomic mass is 35.5. The Balaban J connectivity index is 0.00000121. The van der Waals surface area contributed by atoms with E-state index in [-0.39, 0.29) is 12.4 Å². The molecule has 12 heavy (non-hydrogen) atoms. The molecule has 0 saturated carbocycles. The lowest BCUT2D eigenvalue weighted by Crippen LogP contribution is -2.09. The van der Waals surface area contributed by atoms with Crippen molar-refractivity contribution in [3.05, 3.63) is 10.4 Å². The van der Waals surface area contributed by atoms with Gasteiger partial charge in [0, 0.05) is 5.38 Å². The second-order valence-electron chi connectivity index (χ2n) is 2.13. The van der Waals surface area contributed by atoms with Gasteiger partial charge >= 0.3 is 0 Å². The molecule has 0 spiro atoms. The third-order valence-corrected chi connectivity index (χ3v) is 2.26. The number of nitrogens with zero attached hydrogens (tertiary/aromatic N) is 1. The molecule has 1 N–H and O–H groups in total. The fraction of sp³-hybridized carbons (Fsp3) is 0.400. The summed E-state index contributed by atoms with van der Waals surface area (Å²) >= 11 is 1.41. The Labute approximate surface area is 81.5 Å². The van der Waals surface area contributed by atoms with Crippen molar-refractivity contribution in [1.29, 1.82) is 0 Å². The molecular weight excluding hydrogens is 220 g/mol. The summed E-state index contributed by atoms with van der Waals surface area (Å²) in [6.07, 6.45) is 1.10. The number of sulfonamides is 1. The monoisotopic (exact) mass is 228 g/mol. The van der Waals surface area contributed by atoms with Crippen LogP contribution in [-0.2, 0) is 10.0 Å². The average Bonchev–Trinajstić information content (AvgIpc) is 2.10. The predicted octanol–water partition coefficient (Wildman–Crippen LogP) is 1.24. The highest BCUT2D eigenvalue weighted by Crippen LogP contribution is 2.13. The molecule has 0 atom stereocenters. The van der Waals surface area contributed by atoms with Crippen LogP contribution < -0.4 is 4.72 Å². The zero-order valence-electron chi connectivity index (χ0n) is 6.57. The summed E-state index contributed by atoms with van der Waals surface area (Å²) < 4.78 is 23.6. The van der Waals surface area contributed by atoms with E-state index in [9.17, 15) is 8.42 Å². The van der Waals surface area contributed by atoms with Gasteiger partial charge in [0.25, 0.3) is 0 Å². The van der Waals surface area contributed by atoms with Crippen molar-refractivity contribution in [3.63, 3.8) is 0 Å². The summed E-state index contributed by atoms with van der Waals surface area (Å²) in [4.78, 5) is 3.92. The maximum absolute atomic E-state index is 10.7. The van der Waals surface area contributed by atoms with Crippen LogP contribution in [-0.4, -0.2) is 19.7 Å². The summed E-state index contributed by atoms with van der Waals surface area (Å²) in [5.41, 5.74) is 0. The van der Waals surface area contributed by atoms with E-state index in [1.165, 1.54) is 11.3 Å². The van der Waals surface area contributed by atoms with Crippen LogP contribution >= 0.6 is 23.7 Å². The predicted molar refractivity (Wildman–Crippen MR) is 52.6 cm³/mol. The molecule has 0 amide bonds. The molecule has 0 aromatic carbocycles. The van der Waals surface area contributed by atoms with Gasteiger partial charge in [-0.25, -0.2) is 13.4 Å². The molecule has 1 heterocycles. The normalized spacial score (nSPS) is 10.5. The molecule has 0 bridgehead atoms. The topological polar surface area (TPSA) is 59.1 Å². The van der Waals surface area contributed by atoms with E-state index in [0.717, 1.165) is 11.3 Å². The minimum absolute atomic E-state index is 0. The molecule has 1 aromatic heterocycles. The maximum Gasteiger partial charge on any atom is 0.230 e. The Morgan fingerprint density at radius 3 is 2.50 bits per heavy atom. The summed E-state index contributed by atoms with van der Waals surface area (Å²) in [6, 6.07) is 0. The van der Waals surface area contributed by atoms with Crippen molar-refractivity contribution >= 4 is 39.6 Å². The lowest BCUT2D eigenvalue weighted by Gasteiger charge is -1.96. The van der Waals surface area contributed by atoms with Crippen LogP contribution in [0.2, 0.25) is 0 Å². The Kier molecular flexibility index (Phi) is 3.95. The van der Waals surface area contributed by atoms with Gasteiger partial charge in [-0.3, -0.25) is 4.72 Å². The number of hydrogen-bond acceptors (Lipinski definition) is 4. The third kappa shape index (κ3) is 3.89. The number of aromatic nitrogens is 1. The number of rotatable bonds is 2. The van der Waals surface area contributed by atoms with Gasteiger partial charge in [0.05, 0.1) is 11.3 Å². The first kappa shape index (κ1) is 11.7. The SMILES string of the molecule is Cc1nc(NS(C)(=O)=O)cs1.Cl. The van der Waals surface area contributed by atoms with Crippen LogP contribution in [0.15, 0.2) is 5.38 Å². The largest absolute Gasteiger partial charge is 0.267 e. The lowest BCUT2D eigenvalue weighted by molar-refractivity contribution is 0.606. The standard InChI is InChI=1S/C5H8N2O2S2.ClH/c1-4-6-5(3-10-4)7-11(2,8)9;/h3,7H,1-2H3;1H. The van der Waals surface area contributed by atoms with E-state index < -0.39 is 10.0 Å². The molecule has 1 rings (SSSR count). The van der Waals surface area contributed by atoms with Gasteiger partial charge in [-0.15, -0.1) is 23.7 Å². The number of halogens is 1. The smallest absolute Gasteiger partial charge is 0.230 e. The average molecular weight is 229 g/mol. The molecule has 0 fully saturated rings. The molecule has 0 unspecified atom stereocenters. The van der Waals surface area contributed by atoms with Crippen LogP contribution in [0.3, 0.4) is 0 Å². The van der Waals surface area contributed by atoms with Crippen LogP contribution in [0.4, 0.5) is 5.82 Å². The van der Waals surface area contributed by atoms with Crippen LogP contribution in [0, 0.1) is 6.92 Å². The van der Waals surface area contributed by atoms with Gasteiger partial charge in [0.1, 0.15) is 0 Å². The van der Waals surface area contributed by atoms with E-state index in [2.05, 4.69) is 9.71 Å². The molecule has 70 valence electrons. The highest BCUT2D eigenvalue weighted by molar-refractivity contribution is 7.92.